The first-order valence-corrected chi connectivity index (χ1v) is 8.82. The van der Waals surface area contributed by atoms with Crippen LogP contribution >= 0.6 is 27.3 Å². The fourth-order valence-electron chi connectivity index (χ4n) is 1.67. The molecule has 2 rings (SSSR count). The monoisotopic (exact) mass is 389 g/mol. The van der Waals surface area contributed by atoms with Crippen molar-refractivity contribution in [1.29, 1.82) is 0 Å². The summed E-state index contributed by atoms with van der Waals surface area (Å²) in [5, 5.41) is 2.40. The molecule has 9 heteroatoms. The molecular formula is C12H12BrN3O3S2. The van der Waals surface area contributed by atoms with Crippen LogP contribution in [0.5, 0.6) is 0 Å². The van der Waals surface area contributed by atoms with Crippen LogP contribution < -0.4 is 15.8 Å². The number of carbonyl (C=O) groups excluding carboxylic acids is 1. The minimum absolute atomic E-state index is 0.235. The Kier molecular flexibility index (Phi) is 4.55. The number of nitrogens with two attached hydrogens (primary N) is 1. The minimum Gasteiger partial charge on any atom is -0.351 e. The smallest absolute Gasteiger partial charge is 0.316 e. The Morgan fingerprint density at radius 2 is 1.81 bits per heavy atom. The molecule has 0 saturated heterocycles. The Balaban J connectivity index is 2.21. The lowest BCUT2D eigenvalue weighted by atomic mass is 10.3. The molecule has 1 heterocycles. The Hall–Kier alpha value is -1.58. The number of urea groups is 1. The van der Waals surface area contributed by atoms with E-state index in [1.807, 2.05) is 0 Å². The number of carbonyl (C=O) groups is 1. The zero-order valence-electron chi connectivity index (χ0n) is 10.9. The molecule has 0 atom stereocenters. The summed E-state index contributed by atoms with van der Waals surface area (Å²) in [4.78, 5) is 11.6. The third-order valence-electron chi connectivity index (χ3n) is 2.54. The van der Waals surface area contributed by atoms with E-state index in [-0.39, 0.29) is 4.90 Å². The number of hydrogen-bond donors (Lipinski definition) is 3. The summed E-state index contributed by atoms with van der Waals surface area (Å²) < 4.78 is 27.8. The number of amides is 2. The summed E-state index contributed by atoms with van der Waals surface area (Å²) in [5.74, 6) is 0. The van der Waals surface area contributed by atoms with E-state index in [1.165, 1.54) is 11.3 Å². The molecule has 21 heavy (non-hydrogen) atoms. The maximum Gasteiger partial charge on any atom is 0.316 e. The van der Waals surface area contributed by atoms with Crippen molar-refractivity contribution >= 4 is 54.7 Å². The lowest BCUT2D eigenvalue weighted by Gasteiger charge is -2.08. The third kappa shape index (κ3) is 3.96. The first-order chi connectivity index (χ1) is 9.78. The van der Waals surface area contributed by atoms with Crippen LogP contribution in [0.25, 0.3) is 0 Å². The van der Waals surface area contributed by atoms with Gasteiger partial charge in [0.05, 0.1) is 3.79 Å². The van der Waals surface area contributed by atoms with Crippen LogP contribution in [0.2, 0.25) is 0 Å². The number of thiophene rings is 1. The molecular weight excluding hydrogens is 378 g/mol. The van der Waals surface area contributed by atoms with Gasteiger partial charge in [0.25, 0.3) is 10.0 Å². The van der Waals surface area contributed by atoms with Crippen molar-refractivity contribution in [2.45, 2.75) is 11.8 Å². The molecule has 1 aromatic heterocycles. The molecule has 0 aliphatic heterocycles. The average Bonchev–Trinajstić information content (AvgIpc) is 2.71. The molecule has 4 N–H and O–H groups in total. The van der Waals surface area contributed by atoms with Crippen LogP contribution in [0.3, 0.4) is 0 Å². The van der Waals surface area contributed by atoms with E-state index in [0.29, 0.717) is 16.3 Å². The number of aryl methyl sites for hydroxylation is 1. The lowest BCUT2D eigenvalue weighted by molar-refractivity contribution is 0.259. The summed E-state index contributed by atoms with van der Waals surface area (Å²) in [5.41, 5.74) is 5.88. The zero-order valence-corrected chi connectivity index (χ0v) is 14.1. The average molecular weight is 390 g/mol. The number of anilines is 2. The molecule has 112 valence electrons. The highest BCUT2D eigenvalue weighted by atomic mass is 79.9. The first-order valence-electron chi connectivity index (χ1n) is 5.73. The van der Waals surface area contributed by atoms with E-state index < -0.39 is 16.1 Å². The Morgan fingerprint density at radius 1 is 1.24 bits per heavy atom. The van der Waals surface area contributed by atoms with E-state index in [1.54, 1.807) is 37.3 Å². The Morgan fingerprint density at radius 3 is 2.29 bits per heavy atom. The number of halogens is 1. The van der Waals surface area contributed by atoms with Crippen molar-refractivity contribution in [3.05, 3.63) is 39.0 Å². The van der Waals surface area contributed by atoms with Crippen molar-refractivity contribution in [2.75, 3.05) is 10.0 Å². The van der Waals surface area contributed by atoms with Gasteiger partial charge in [0.1, 0.15) is 4.90 Å². The Labute approximate surface area is 134 Å². The minimum atomic E-state index is -3.64. The third-order valence-corrected chi connectivity index (χ3v) is 5.73. The Bertz CT molecular complexity index is 770. The van der Waals surface area contributed by atoms with Gasteiger partial charge in [-0.15, -0.1) is 11.3 Å². The largest absolute Gasteiger partial charge is 0.351 e. The highest BCUT2D eigenvalue weighted by molar-refractivity contribution is 9.11. The molecule has 0 unspecified atom stereocenters. The predicted molar refractivity (Wildman–Crippen MR) is 87.2 cm³/mol. The molecule has 0 fully saturated rings. The predicted octanol–water partition coefficient (Wildman–Crippen LogP) is 3.11. The quantitative estimate of drug-likeness (QED) is 0.748. The van der Waals surface area contributed by atoms with Crippen LogP contribution in [-0.2, 0) is 10.0 Å². The number of nitrogens with one attached hydrogen (secondary N) is 2. The van der Waals surface area contributed by atoms with Crippen LogP contribution in [0, 0.1) is 6.92 Å². The van der Waals surface area contributed by atoms with Crippen molar-refractivity contribution in [2.24, 2.45) is 5.73 Å². The molecule has 0 aliphatic rings. The van der Waals surface area contributed by atoms with Gasteiger partial charge in [0.15, 0.2) is 0 Å². The van der Waals surface area contributed by atoms with Crippen LogP contribution in [0.4, 0.5) is 16.2 Å². The van der Waals surface area contributed by atoms with Crippen LogP contribution in [0.1, 0.15) is 4.88 Å². The van der Waals surface area contributed by atoms with Crippen LogP contribution in [-0.4, -0.2) is 14.4 Å². The number of hydrogen-bond acceptors (Lipinski definition) is 4. The van der Waals surface area contributed by atoms with Crippen LogP contribution in [0.15, 0.2) is 39.0 Å². The molecule has 2 amide bonds. The standard InChI is InChI=1S/C12H12BrN3O3S2/c1-7-10(6-11(13)20-7)21(18,19)16-9-4-2-8(3-5-9)15-12(14)17/h2-6,16H,1H3,(H3,14,15,17). The van der Waals surface area contributed by atoms with E-state index in [2.05, 4.69) is 26.0 Å². The molecule has 0 bridgehead atoms. The van der Waals surface area contributed by atoms with Crippen molar-refractivity contribution in [3.8, 4) is 0 Å². The first kappa shape index (κ1) is 15.8. The van der Waals surface area contributed by atoms with E-state index in [0.717, 1.165) is 3.79 Å². The molecule has 6 nitrogen and oxygen atoms in total. The summed E-state index contributed by atoms with van der Waals surface area (Å²) in [6.07, 6.45) is 0. The fourth-order valence-corrected chi connectivity index (χ4v) is 5.15. The summed E-state index contributed by atoms with van der Waals surface area (Å²) >= 11 is 4.62. The summed E-state index contributed by atoms with van der Waals surface area (Å²) in [6, 6.07) is 7.07. The second-order valence-corrected chi connectivity index (χ2v) is 8.43. The normalized spacial score (nSPS) is 11.1. The van der Waals surface area contributed by atoms with Gasteiger partial charge in [0, 0.05) is 16.3 Å². The van der Waals surface area contributed by atoms with Gasteiger partial charge in [0.2, 0.25) is 0 Å². The molecule has 2 aromatic rings. The van der Waals surface area contributed by atoms with E-state index >= 15 is 0 Å². The molecule has 1 aromatic carbocycles. The lowest BCUT2D eigenvalue weighted by Crippen LogP contribution is -2.19. The van der Waals surface area contributed by atoms with E-state index in [9.17, 15) is 13.2 Å². The highest BCUT2D eigenvalue weighted by Gasteiger charge is 2.19. The zero-order chi connectivity index (χ0) is 15.6. The maximum atomic E-state index is 12.3. The van der Waals surface area contributed by atoms with Gasteiger partial charge in [-0.05, 0) is 53.2 Å². The van der Waals surface area contributed by atoms with E-state index in [4.69, 9.17) is 5.73 Å². The topological polar surface area (TPSA) is 101 Å². The van der Waals surface area contributed by atoms with Gasteiger partial charge in [-0.3, -0.25) is 4.72 Å². The highest BCUT2D eigenvalue weighted by Crippen LogP contribution is 2.30. The molecule has 0 aliphatic carbocycles. The summed E-state index contributed by atoms with van der Waals surface area (Å²) in [6.45, 7) is 1.74. The molecule has 0 saturated carbocycles. The van der Waals surface area contributed by atoms with Crippen molar-refractivity contribution in [1.82, 2.24) is 0 Å². The molecule has 0 radical (unpaired) electrons. The summed E-state index contributed by atoms with van der Waals surface area (Å²) in [7, 11) is -3.64. The maximum absolute atomic E-state index is 12.3. The fraction of sp³-hybridized carbons (Fsp3) is 0.0833. The second kappa shape index (κ2) is 6.04. The van der Waals surface area contributed by atoms with Gasteiger partial charge in [-0.25, -0.2) is 13.2 Å². The van der Waals surface area contributed by atoms with Crippen molar-refractivity contribution < 1.29 is 13.2 Å². The second-order valence-electron chi connectivity index (χ2n) is 4.14. The van der Waals surface area contributed by atoms with Crippen molar-refractivity contribution in [3.63, 3.8) is 0 Å². The van der Waals surface area contributed by atoms with Gasteiger partial charge < -0.3 is 11.1 Å². The number of benzene rings is 1. The van der Waals surface area contributed by atoms with Gasteiger partial charge in [-0.1, -0.05) is 0 Å². The number of rotatable bonds is 4. The molecule has 0 spiro atoms. The number of sulfonamides is 1. The van der Waals surface area contributed by atoms with Gasteiger partial charge >= 0.3 is 6.03 Å². The SMILES string of the molecule is Cc1sc(Br)cc1S(=O)(=O)Nc1ccc(NC(N)=O)cc1. The number of primary amides is 1. The van der Waals surface area contributed by atoms with Gasteiger partial charge in [-0.2, -0.15) is 0 Å².